The van der Waals surface area contributed by atoms with E-state index in [0.29, 0.717) is 70.5 Å². The minimum Gasteiger partial charge on any atom is -0.480 e. The Hall–Kier alpha value is -3.83. The van der Waals surface area contributed by atoms with Crippen molar-refractivity contribution < 1.29 is 14.3 Å². The van der Waals surface area contributed by atoms with Crippen molar-refractivity contribution in [3.05, 3.63) is 70.2 Å². The van der Waals surface area contributed by atoms with Crippen LogP contribution in [0.5, 0.6) is 11.8 Å². The molecule has 2 fully saturated rings. The molecule has 0 radical (unpaired) electrons. The molecule has 3 heterocycles. The van der Waals surface area contributed by atoms with E-state index in [9.17, 15) is 4.79 Å². The molecule has 1 aliphatic heterocycles. The molecule has 0 bridgehead atoms. The first-order valence-corrected chi connectivity index (χ1v) is 16.8. The number of amides is 1. The van der Waals surface area contributed by atoms with Crippen LogP contribution in [0.25, 0.3) is 33.6 Å². The second-order valence-corrected chi connectivity index (χ2v) is 12.7. The van der Waals surface area contributed by atoms with Gasteiger partial charge in [0.2, 0.25) is 17.7 Å². The second kappa shape index (κ2) is 15.4. The summed E-state index contributed by atoms with van der Waals surface area (Å²) in [5.41, 5.74) is 5.51. The Morgan fingerprint density at radius 2 is 1.28 bits per heavy atom. The van der Waals surface area contributed by atoms with Crippen LogP contribution in [0.15, 0.2) is 48.8 Å². The van der Waals surface area contributed by atoms with E-state index in [-0.39, 0.29) is 11.9 Å². The molecule has 0 spiro atoms. The van der Waals surface area contributed by atoms with Crippen LogP contribution < -0.4 is 25.4 Å². The van der Waals surface area contributed by atoms with Crippen molar-refractivity contribution in [3.63, 3.8) is 0 Å². The molecular weight excluding hydrogens is 637 g/mol. The topological polar surface area (TPSA) is 123 Å². The first-order chi connectivity index (χ1) is 22.9. The van der Waals surface area contributed by atoms with Gasteiger partial charge in [-0.05, 0) is 31.7 Å². The van der Waals surface area contributed by atoms with E-state index >= 15 is 0 Å². The summed E-state index contributed by atoms with van der Waals surface area (Å²) in [4.78, 5) is 30.3. The molecule has 2 aromatic carbocycles. The first-order valence-electron chi connectivity index (χ1n) is 16.0. The third-order valence-corrected chi connectivity index (χ3v) is 9.63. The SMILES string of the molecule is COc1nc(-c2cccc(-c3cccc(-c4cnc(CNC[C@@H]5CCC(=O)N5)c(OC)n4)c3Cl)c2Cl)cnc1CNCC1CCCC1. The van der Waals surface area contributed by atoms with Crippen molar-refractivity contribution in [2.24, 2.45) is 5.92 Å². The predicted octanol–water partition coefficient (Wildman–Crippen LogP) is 6.24. The summed E-state index contributed by atoms with van der Waals surface area (Å²) in [6.45, 7) is 2.66. The summed E-state index contributed by atoms with van der Waals surface area (Å²) in [6, 6.07) is 11.6. The summed E-state index contributed by atoms with van der Waals surface area (Å²) in [7, 11) is 3.17. The van der Waals surface area contributed by atoms with Gasteiger partial charge in [0.05, 0.1) is 48.0 Å². The summed E-state index contributed by atoms with van der Waals surface area (Å²) >= 11 is 14.1. The number of ether oxygens (including phenoxy) is 2. The molecule has 246 valence electrons. The Balaban J connectivity index is 1.21. The van der Waals surface area contributed by atoms with Gasteiger partial charge in [-0.15, -0.1) is 0 Å². The van der Waals surface area contributed by atoms with Crippen molar-refractivity contribution in [2.45, 2.75) is 57.7 Å². The van der Waals surface area contributed by atoms with Crippen molar-refractivity contribution in [1.82, 2.24) is 35.9 Å². The zero-order chi connectivity index (χ0) is 32.8. The lowest BCUT2D eigenvalue weighted by molar-refractivity contribution is -0.119. The van der Waals surface area contributed by atoms with Crippen LogP contribution in [-0.2, 0) is 17.9 Å². The molecule has 6 rings (SSSR count). The van der Waals surface area contributed by atoms with Crippen molar-refractivity contribution in [2.75, 3.05) is 27.3 Å². The third kappa shape index (κ3) is 7.67. The fraction of sp³-hybridized carbons (Fsp3) is 0.400. The van der Waals surface area contributed by atoms with Gasteiger partial charge < -0.3 is 25.4 Å². The first kappa shape index (κ1) is 33.1. The Kier molecular flexibility index (Phi) is 10.8. The molecule has 3 N–H and O–H groups in total. The summed E-state index contributed by atoms with van der Waals surface area (Å²) in [6.07, 6.45) is 10.0. The van der Waals surface area contributed by atoms with Gasteiger partial charge in [-0.1, -0.05) is 72.4 Å². The third-order valence-electron chi connectivity index (χ3n) is 8.82. The molecule has 1 aliphatic carbocycles. The van der Waals surface area contributed by atoms with E-state index < -0.39 is 0 Å². The molecule has 1 saturated carbocycles. The van der Waals surface area contributed by atoms with E-state index in [1.54, 1.807) is 26.6 Å². The van der Waals surface area contributed by atoms with Crippen LogP contribution >= 0.6 is 23.2 Å². The smallest absolute Gasteiger partial charge is 0.237 e. The van der Waals surface area contributed by atoms with Crippen LogP contribution in [0.2, 0.25) is 10.0 Å². The van der Waals surface area contributed by atoms with E-state index in [2.05, 4.69) is 25.9 Å². The van der Waals surface area contributed by atoms with Gasteiger partial charge in [-0.2, -0.15) is 0 Å². The number of aromatic nitrogens is 4. The summed E-state index contributed by atoms with van der Waals surface area (Å²) < 4.78 is 11.2. The maximum absolute atomic E-state index is 11.5. The highest BCUT2D eigenvalue weighted by atomic mass is 35.5. The molecule has 1 saturated heterocycles. The number of hydrogen-bond donors (Lipinski definition) is 3. The van der Waals surface area contributed by atoms with Gasteiger partial charge >= 0.3 is 0 Å². The van der Waals surface area contributed by atoms with Gasteiger partial charge in [0.15, 0.2) is 0 Å². The van der Waals surface area contributed by atoms with Gasteiger partial charge in [0.1, 0.15) is 11.4 Å². The monoisotopic (exact) mass is 675 g/mol. The number of hydrogen-bond acceptors (Lipinski definition) is 9. The highest BCUT2D eigenvalue weighted by Crippen LogP contribution is 2.42. The number of nitrogens with zero attached hydrogens (tertiary/aromatic N) is 4. The average Bonchev–Trinajstić information content (AvgIpc) is 3.77. The Morgan fingerprint density at radius 1 is 0.766 bits per heavy atom. The lowest BCUT2D eigenvalue weighted by Gasteiger charge is -2.15. The summed E-state index contributed by atoms with van der Waals surface area (Å²) in [5.74, 6) is 1.69. The van der Waals surface area contributed by atoms with Crippen molar-refractivity contribution in [1.29, 1.82) is 0 Å². The molecule has 10 nitrogen and oxygen atoms in total. The average molecular weight is 677 g/mol. The normalized spacial score (nSPS) is 16.4. The minimum absolute atomic E-state index is 0.0890. The number of halogens is 2. The fourth-order valence-electron chi connectivity index (χ4n) is 6.30. The fourth-order valence-corrected chi connectivity index (χ4v) is 6.95. The van der Waals surface area contributed by atoms with Gasteiger partial charge in [-0.25, -0.2) is 9.97 Å². The van der Waals surface area contributed by atoms with Crippen LogP contribution in [-0.4, -0.2) is 59.2 Å². The molecule has 47 heavy (non-hydrogen) atoms. The minimum atomic E-state index is 0.0890. The van der Waals surface area contributed by atoms with E-state index in [0.717, 1.165) is 41.3 Å². The summed E-state index contributed by atoms with van der Waals surface area (Å²) in [5, 5.41) is 10.8. The molecule has 4 aromatic rings. The van der Waals surface area contributed by atoms with E-state index in [1.165, 1.54) is 25.7 Å². The Labute approximate surface area is 285 Å². The largest absolute Gasteiger partial charge is 0.480 e. The Morgan fingerprint density at radius 3 is 1.77 bits per heavy atom. The molecule has 1 atom stereocenters. The molecule has 0 unspecified atom stereocenters. The molecule has 1 amide bonds. The lowest BCUT2D eigenvalue weighted by Crippen LogP contribution is -2.35. The number of carbonyl (C=O) groups is 1. The van der Waals surface area contributed by atoms with Crippen molar-refractivity contribution in [3.8, 4) is 45.4 Å². The molecular formula is C35H39Cl2N7O3. The highest BCUT2D eigenvalue weighted by Gasteiger charge is 2.22. The maximum atomic E-state index is 11.5. The maximum Gasteiger partial charge on any atom is 0.237 e. The molecule has 2 aromatic heterocycles. The highest BCUT2D eigenvalue weighted by molar-refractivity contribution is 6.39. The number of rotatable bonds is 13. The molecule has 12 heteroatoms. The van der Waals surface area contributed by atoms with Crippen LogP contribution in [0.4, 0.5) is 0 Å². The van der Waals surface area contributed by atoms with Crippen LogP contribution in [0.1, 0.15) is 49.9 Å². The van der Waals surface area contributed by atoms with Crippen LogP contribution in [0.3, 0.4) is 0 Å². The predicted molar refractivity (Wildman–Crippen MR) is 184 cm³/mol. The quantitative estimate of drug-likeness (QED) is 0.151. The number of nitrogens with one attached hydrogen (secondary N) is 3. The Bertz CT molecular complexity index is 1730. The standard InChI is InChI=1S/C35H39Cl2N7O3/c1-46-34-29(17-38-15-21-7-3-4-8-21)40-19-27(43-34)25-11-5-9-23(32(25)36)24-10-6-12-26(33(24)37)28-20-41-30(35(44-28)47-2)18-39-16-22-13-14-31(45)42-22/h5-6,9-12,19-22,38-39H,3-4,7-8,13-18H2,1-2H3,(H,42,45)/t22-/m0/s1. The zero-order valence-electron chi connectivity index (χ0n) is 26.6. The van der Waals surface area contributed by atoms with Gasteiger partial charge in [0, 0.05) is 54.4 Å². The van der Waals surface area contributed by atoms with Crippen molar-refractivity contribution >= 4 is 29.1 Å². The second-order valence-electron chi connectivity index (χ2n) is 12.0. The lowest BCUT2D eigenvalue weighted by atomic mass is 9.98. The van der Waals surface area contributed by atoms with Gasteiger partial charge in [0.25, 0.3) is 0 Å². The van der Waals surface area contributed by atoms with Crippen LogP contribution in [0, 0.1) is 5.92 Å². The van der Waals surface area contributed by atoms with E-state index in [1.807, 2.05) is 36.4 Å². The zero-order valence-corrected chi connectivity index (χ0v) is 28.1. The number of benzene rings is 2. The van der Waals surface area contributed by atoms with E-state index in [4.69, 9.17) is 42.6 Å². The number of carbonyl (C=O) groups excluding carboxylic acids is 1. The number of methoxy groups -OCH3 is 2. The van der Waals surface area contributed by atoms with Gasteiger partial charge in [-0.3, -0.25) is 14.8 Å². The molecule has 2 aliphatic rings.